The van der Waals surface area contributed by atoms with Gasteiger partial charge in [0, 0.05) is 6.04 Å². The second-order valence-corrected chi connectivity index (χ2v) is 4.53. The molecule has 0 saturated heterocycles. The summed E-state index contributed by atoms with van der Waals surface area (Å²) in [4.78, 5) is 0. The molecule has 0 amide bonds. The van der Waals surface area contributed by atoms with Crippen LogP contribution in [0.5, 0.6) is 0 Å². The standard InChI is InChI=1S/C13H20ClN/c1-4-5-8-11(3)15-13-10(2)7-6-9-12(13)14/h6-7,9,11,15H,4-5,8H2,1-3H3. The molecule has 15 heavy (non-hydrogen) atoms. The fourth-order valence-corrected chi connectivity index (χ4v) is 1.92. The highest BCUT2D eigenvalue weighted by Gasteiger charge is 2.06. The van der Waals surface area contributed by atoms with Gasteiger partial charge in [0.2, 0.25) is 0 Å². The minimum Gasteiger partial charge on any atom is -0.381 e. The topological polar surface area (TPSA) is 12.0 Å². The van der Waals surface area contributed by atoms with Gasteiger partial charge in [-0.3, -0.25) is 0 Å². The van der Waals surface area contributed by atoms with Crippen LogP contribution in [0.15, 0.2) is 18.2 Å². The molecule has 0 spiro atoms. The third kappa shape index (κ3) is 3.75. The second kappa shape index (κ2) is 6.02. The van der Waals surface area contributed by atoms with Crippen molar-refractivity contribution < 1.29 is 0 Å². The first kappa shape index (κ1) is 12.4. The molecule has 0 aliphatic rings. The number of para-hydroxylation sites is 1. The van der Waals surface area contributed by atoms with Gasteiger partial charge in [-0.05, 0) is 31.9 Å². The minimum absolute atomic E-state index is 0.489. The van der Waals surface area contributed by atoms with Crippen molar-refractivity contribution in [2.75, 3.05) is 5.32 Å². The molecular formula is C13H20ClN. The van der Waals surface area contributed by atoms with Crippen LogP contribution in [0.25, 0.3) is 0 Å². The first-order valence-corrected chi connectivity index (χ1v) is 6.04. The highest BCUT2D eigenvalue weighted by Crippen LogP contribution is 2.26. The van der Waals surface area contributed by atoms with Crippen molar-refractivity contribution in [1.82, 2.24) is 0 Å². The van der Waals surface area contributed by atoms with Gasteiger partial charge in [0.1, 0.15) is 0 Å². The summed E-state index contributed by atoms with van der Waals surface area (Å²) in [6, 6.07) is 6.49. The number of aryl methyl sites for hydroxylation is 1. The van der Waals surface area contributed by atoms with E-state index >= 15 is 0 Å². The molecule has 1 aromatic carbocycles. The average molecular weight is 226 g/mol. The zero-order valence-corrected chi connectivity index (χ0v) is 10.6. The van der Waals surface area contributed by atoms with Crippen LogP contribution in [-0.4, -0.2) is 6.04 Å². The number of rotatable bonds is 5. The molecule has 1 atom stereocenters. The van der Waals surface area contributed by atoms with Crippen molar-refractivity contribution in [3.05, 3.63) is 28.8 Å². The molecule has 0 aliphatic heterocycles. The van der Waals surface area contributed by atoms with Crippen LogP contribution in [0.2, 0.25) is 5.02 Å². The zero-order valence-electron chi connectivity index (χ0n) is 9.81. The predicted octanol–water partition coefficient (Wildman–Crippen LogP) is 4.64. The van der Waals surface area contributed by atoms with Crippen molar-refractivity contribution in [3.8, 4) is 0 Å². The van der Waals surface area contributed by atoms with E-state index < -0.39 is 0 Å². The van der Waals surface area contributed by atoms with E-state index in [1.807, 2.05) is 12.1 Å². The summed E-state index contributed by atoms with van der Waals surface area (Å²) in [5.74, 6) is 0. The Balaban J connectivity index is 2.63. The van der Waals surface area contributed by atoms with E-state index in [1.165, 1.54) is 24.8 Å². The molecule has 0 aromatic heterocycles. The monoisotopic (exact) mass is 225 g/mol. The molecule has 1 unspecified atom stereocenters. The highest BCUT2D eigenvalue weighted by atomic mass is 35.5. The average Bonchev–Trinajstić information content (AvgIpc) is 2.21. The molecule has 0 heterocycles. The highest BCUT2D eigenvalue weighted by molar-refractivity contribution is 6.33. The van der Waals surface area contributed by atoms with Crippen LogP contribution in [0.4, 0.5) is 5.69 Å². The van der Waals surface area contributed by atoms with E-state index in [-0.39, 0.29) is 0 Å². The Morgan fingerprint density at radius 1 is 1.40 bits per heavy atom. The number of nitrogens with one attached hydrogen (secondary N) is 1. The molecule has 0 bridgehead atoms. The largest absolute Gasteiger partial charge is 0.381 e. The van der Waals surface area contributed by atoms with Crippen LogP contribution < -0.4 is 5.32 Å². The lowest BCUT2D eigenvalue weighted by atomic mass is 10.1. The molecule has 1 rings (SSSR count). The minimum atomic E-state index is 0.489. The molecule has 0 radical (unpaired) electrons. The van der Waals surface area contributed by atoms with E-state index in [0.717, 1.165) is 10.7 Å². The fourth-order valence-electron chi connectivity index (χ4n) is 1.64. The maximum atomic E-state index is 6.15. The maximum Gasteiger partial charge on any atom is 0.0640 e. The van der Waals surface area contributed by atoms with Crippen LogP contribution in [-0.2, 0) is 0 Å². The third-order valence-electron chi connectivity index (χ3n) is 2.60. The van der Waals surface area contributed by atoms with Gasteiger partial charge in [-0.2, -0.15) is 0 Å². The lowest BCUT2D eigenvalue weighted by Crippen LogP contribution is -2.15. The normalized spacial score (nSPS) is 12.5. The zero-order chi connectivity index (χ0) is 11.3. The van der Waals surface area contributed by atoms with E-state index in [1.54, 1.807) is 0 Å². The summed E-state index contributed by atoms with van der Waals surface area (Å²) in [7, 11) is 0. The molecular weight excluding hydrogens is 206 g/mol. The van der Waals surface area contributed by atoms with Crippen molar-refractivity contribution in [2.24, 2.45) is 0 Å². The van der Waals surface area contributed by atoms with E-state index in [2.05, 4.69) is 32.2 Å². The maximum absolute atomic E-state index is 6.15. The van der Waals surface area contributed by atoms with Gasteiger partial charge in [0.15, 0.2) is 0 Å². The second-order valence-electron chi connectivity index (χ2n) is 4.12. The Kier molecular flexibility index (Phi) is 4.97. The molecule has 1 nitrogen and oxygen atoms in total. The Hall–Kier alpha value is -0.690. The summed E-state index contributed by atoms with van der Waals surface area (Å²) in [5.41, 5.74) is 2.30. The molecule has 0 saturated carbocycles. The fraction of sp³-hybridized carbons (Fsp3) is 0.538. The number of hydrogen-bond acceptors (Lipinski definition) is 1. The Labute approximate surface area is 97.8 Å². The van der Waals surface area contributed by atoms with E-state index in [0.29, 0.717) is 6.04 Å². The van der Waals surface area contributed by atoms with Crippen LogP contribution in [0, 0.1) is 6.92 Å². The number of halogens is 1. The summed E-state index contributed by atoms with van der Waals surface area (Å²) < 4.78 is 0. The van der Waals surface area contributed by atoms with E-state index in [9.17, 15) is 0 Å². The van der Waals surface area contributed by atoms with Crippen molar-refractivity contribution in [1.29, 1.82) is 0 Å². The summed E-state index contributed by atoms with van der Waals surface area (Å²) in [5, 5.41) is 4.30. The van der Waals surface area contributed by atoms with Crippen molar-refractivity contribution >= 4 is 17.3 Å². The molecule has 1 aromatic rings. The molecule has 84 valence electrons. The lowest BCUT2D eigenvalue weighted by Gasteiger charge is -2.17. The molecule has 1 N–H and O–H groups in total. The summed E-state index contributed by atoms with van der Waals surface area (Å²) in [6.45, 7) is 6.51. The first-order valence-electron chi connectivity index (χ1n) is 5.66. The summed E-state index contributed by atoms with van der Waals surface area (Å²) in [6.07, 6.45) is 3.70. The smallest absolute Gasteiger partial charge is 0.0640 e. The van der Waals surface area contributed by atoms with Gasteiger partial charge in [-0.1, -0.05) is 43.5 Å². The van der Waals surface area contributed by atoms with Crippen molar-refractivity contribution in [2.45, 2.75) is 46.1 Å². The first-order chi connectivity index (χ1) is 7.15. The molecule has 2 heteroatoms. The van der Waals surface area contributed by atoms with E-state index in [4.69, 9.17) is 11.6 Å². The predicted molar refractivity (Wildman–Crippen MR) is 68.8 cm³/mol. The third-order valence-corrected chi connectivity index (χ3v) is 2.92. The molecule has 0 fully saturated rings. The molecule has 0 aliphatic carbocycles. The van der Waals surface area contributed by atoms with Crippen LogP contribution in [0.3, 0.4) is 0 Å². The Bertz CT molecular complexity index is 289. The quantitative estimate of drug-likeness (QED) is 0.770. The van der Waals surface area contributed by atoms with Gasteiger partial charge < -0.3 is 5.32 Å². The van der Waals surface area contributed by atoms with Gasteiger partial charge in [-0.15, -0.1) is 0 Å². The SMILES string of the molecule is CCCCC(C)Nc1c(C)cccc1Cl. The van der Waals surface area contributed by atoms with Gasteiger partial charge in [0.05, 0.1) is 10.7 Å². The number of unbranched alkanes of at least 4 members (excludes halogenated alkanes) is 1. The lowest BCUT2D eigenvalue weighted by molar-refractivity contribution is 0.645. The number of anilines is 1. The van der Waals surface area contributed by atoms with Crippen molar-refractivity contribution in [3.63, 3.8) is 0 Å². The number of benzene rings is 1. The van der Waals surface area contributed by atoms with Gasteiger partial charge in [-0.25, -0.2) is 0 Å². The summed E-state index contributed by atoms with van der Waals surface area (Å²) >= 11 is 6.15. The van der Waals surface area contributed by atoms with Gasteiger partial charge in [0.25, 0.3) is 0 Å². The van der Waals surface area contributed by atoms with Gasteiger partial charge >= 0.3 is 0 Å². The number of hydrogen-bond donors (Lipinski definition) is 1. The Morgan fingerprint density at radius 2 is 2.13 bits per heavy atom. The van der Waals surface area contributed by atoms with Crippen LogP contribution in [0.1, 0.15) is 38.7 Å². The van der Waals surface area contributed by atoms with Crippen LogP contribution >= 0.6 is 11.6 Å². The Morgan fingerprint density at radius 3 is 2.73 bits per heavy atom.